The van der Waals surface area contributed by atoms with Crippen LogP contribution in [0.25, 0.3) is 33.3 Å². The molecule has 7 nitrogen and oxygen atoms in total. The number of carbonyl (C=O) groups is 1. The van der Waals surface area contributed by atoms with Crippen LogP contribution in [0.15, 0.2) is 70.5 Å². The molecule has 0 atom stereocenters. The Morgan fingerprint density at radius 1 is 1.13 bits per heavy atom. The van der Waals surface area contributed by atoms with Gasteiger partial charge >= 0.3 is 0 Å². The predicted octanol–water partition coefficient (Wildman–Crippen LogP) is 4.64. The van der Waals surface area contributed by atoms with Gasteiger partial charge < -0.3 is 9.73 Å². The number of pyridine rings is 1. The summed E-state index contributed by atoms with van der Waals surface area (Å²) < 4.78 is 19.1. The molecule has 2 aromatic carbocycles. The van der Waals surface area contributed by atoms with Gasteiger partial charge in [-0.25, -0.2) is 9.37 Å². The Hall–Kier alpha value is -3.72. The van der Waals surface area contributed by atoms with Gasteiger partial charge in [0.1, 0.15) is 17.0 Å². The lowest BCUT2D eigenvalue weighted by Crippen LogP contribution is -2.14. The average molecular weight is 419 g/mol. The molecule has 5 aromatic rings. The van der Waals surface area contributed by atoms with Crippen molar-refractivity contribution < 1.29 is 13.6 Å². The number of thioether (sulfide) groups is 1. The summed E-state index contributed by atoms with van der Waals surface area (Å²) in [5.41, 5.74) is 2.53. The number of nitrogens with one attached hydrogen (secondary N) is 2. The molecule has 5 rings (SSSR count). The minimum absolute atomic E-state index is 0.164. The van der Waals surface area contributed by atoms with Gasteiger partial charge in [-0.3, -0.25) is 14.9 Å². The summed E-state index contributed by atoms with van der Waals surface area (Å²) in [4.78, 5) is 20.8. The first-order valence-electron chi connectivity index (χ1n) is 9.03. The lowest BCUT2D eigenvalue weighted by atomic mass is 10.1. The first-order chi connectivity index (χ1) is 14.7. The average Bonchev–Trinajstić information content (AvgIpc) is 3.37. The molecule has 9 heteroatoms. The normalized spacial score (nSPS) is 11.2. The predicted molar refractivity (Wildman–Crippen MR) is 113 cm³/mol. The summed E-state index contributed by atoms with van der Waals surface area (Å²) >= 11 is 1.25. The van der Waals surface area contributed by atoms with Gasteiger partial charge in [0.05, 0.1) is 5.75 Å². The van der Waals surface area contributed by atoms with Gasteiger partial charge in [0, 0.05) is 40.5 Å². The van der Waals surface area contributed by atoms with Crippen molar-refractivity contribution in [1.29, 1.82) is 0 Å². The summed E-state index contributed by atoms with van der Waals surface area (Å²) in [6.45, 7) is 0. The van der Waals surface area contributed by atoms with Gasteiger partial charge in [-0.1, -0.05) is 11.8 Å². The Morgan fingerprint density at radius 2 is 2.07 bits per heavy atom. The van der Waals surface area contributed by atoms with E-state index in [1.165, 1.54) is 23.9 Å². The number of benzene rings is 2. The molecule has 0 aliphatic rings. The molecule has 0 fully saturated rings. The molecule has 1 amide bonds. The Balaban J connectivity index is 1.27. The third-order valence-corrected chi connectivity index (χ3v) is 5.30. The van der Waals surface area contributed by atoms with E-state index in [2.05, 4.69) is 25.5 Å². The summed E-state index contributed by atoms with van der Waals surface area (Å²) in [6.07, 6.45) is 3.35. The maximum absolute atomic E-state index is 13.4. The first-order valence-corrected chi connectivity index (χ1v) is 10.0. The number of fused-ring (bicyclic) bond motifs is 3. The molecule has 0 aliphatic heterocycles. The molecule has 0 bridgehead atoms. The maximum Gasteiger partial charge on any atom is 0.234 e. The second kappa shape index (κ2) is 7.60. The van der Waals surface area contributed by atoms with Crippen molar-refractivity contribution in [3.05, 3.63) is 66.7 Å². The van der Waals surface area contributed by atoms with Gasteiger partial charge in [-0.05, 0) is 42.5 Å². The molecule has 3 aromatic heterocycles. The van der Waals surface area contributed by atoms with Crippen LogP contribution in [0.1, 0.15) is 0 Å². The molecule has 2 N–H and O–H groups in total. The minimum Gasteiger partial charge on any atom is -0.456 e. The van der Waals surface area contributed by atoms with Crippen molar-refractivity contribution >= 4 is 45.3 Å². The van der Waals surface area contributed by atoms with Crippen molar-refractivity contribution in [2.75, 3.05) is 11.1 Å². The highest BCUT2D eigenvalue weighted by molar-refractivity contribution is 7.99. The summed E-state index contributed by atoms with van der Waals surface area (Å²) in [5.74, 6) is 0.153. The maximum atomic E-state index is 13.4. The van der Waals surface area contributed by atoms with Crippen LogP contribution in [0.4, 0.5) is 10.1 Å². The van der Waals surface area contributed by atoms with E-state index in [1.54, 1.807) is 30.6 Å². The third-order valence-electron chi connectivity index (χ3n) is 4.44. The van der Waals surface area contributed by atoms with Crippen molar-refractivity contribution in [1.82, 2.24) is 20.2 Å². The number of nitrogens with zero attached hydrogens (tertiary/aromatic N) is 3. The van der Waals surface area contributed by atoms with Gasteiger partial charge in [0.25, 0.3) is 0 Å². The smallest absolute Gasteiger partial charge is 0.234 e. The van der Waals surface area contributed by atoms with E-state index < -0.39 is 0 Å². The number of rotatable bonds is 5. The van der Waals surface area contributed by atoms with Crippen LogP contribution in [-0.4, -0.2) is 31.8 Å². The zero-order valence-corrected chi connectivity index (χ0v) is 16.2. The highest BCUT2D eigenvalue weighted by Crippen LogP contribution is 2.31. The first kappa shape index (κ1) is 18.3. The van der Waals surface area contributed by atoms with Crippen molar-refractivity contribution in [2.45, 2.75) is 5.16 Å². The monoisotopic (exact) mass is 419 g/mol. The van der Waals surface area contributed by atoms with E-state index >= 15 is 0 Å². The number of H-pyrrole nitrogens is 1. The molecule has 148 valence electrons. The number of furan rings is 1. The van der Waals surface area contributed by atoms with E-state index in [9.17, 15) is 9.18 Å². The fourth-order valence-electron chi connectivity index (χ4n) is 3.10. The molecular weight excluding hydrogens is 405 g/mol. The van der Waals surface area contributed by atoms with Crippen LogP contribution < -0.4 is 5.32 Å². The number of aromatic nitrogens is 4. The summed E-state index contributed by atoms with van der Waals surface area (Å²) in [5, 5.41) is 12.0. The van der Waals surface area contributed by atoms with E-state index in [-0.39, 0.29) is 17.5 Å². The lowest BCUT2D eigenvalue weighted by molar-refractivity contribution is -0.113. The molecule has 3 heterocycles. The number of hydrogen-bond acceptors (Lipinski definition) is 6. The SMILES string of the molecule is O=C(CSc1nc(-c2cccnc2)n[nH]1)Nc1ccc2oc3cc(F)ccc3c2c1. The quantitative estimate of drug-likeness (QED) is 0.403. The standard InChI is InChI=1S/C21H14FN5O2S/c22-13-3-5-15-16-9-14(4-6-17(16)29-18(15)8-13)24-19(28)11-30-21-25-20(26-27-21)12-2-1-7-23-10-12/h1-10H,11H2,(H,24,28)(H,25,26,27). The third kappa shape index (κ3) is 3.62. The minimum atomic E-state index is -0.355. The summed E-state index contributed by atoms with van der Waals surface area (Å²) in [6, 6.07) is 13.4. The molecule has 0 saturated heterocycles. The molecule has 0 spiro atoms. The number of anilines is 1. The Labute approximate surface area is 173 Å². The number of halogens is 1. The van der Waals surface area contributed by atoms with Crippen molar-refractivity contribution in [3.8, 4) is 11.4 Å². The molecule has 0 radical (unpaired) electrons. The van der Waals surface area contributed by atoms with Crippen LogP contribution in [0.5, 0.6) is 0 Å². The highest BCUT2D eigenvalue weighted by Gasteiger charge is 2.12. The zero-order valence-electron chi connectivity index (χ0n) is 15.4. The van der Waals surface area contributed by atoms with Gasteiger partial charge in [-0.2, -0.15) is 5.10 Å². The molecular formula is C21H14FN5O2S. The van der Waals surface area contributed by atoms with E-state index in [4.69, 9.17) is 4.42 Å². The Morgan fingerprint density at radius 3 is 2.93 bits per heavy atom. The van der Waals surface area contributed by atoms with Gasteiger partial charge in [0.2, 0.25) is 5.91 Å². The molecule has 0 aliphatic carbocycles. The number of carbonyl (C=O) groups excluding carboxylic acids is 1. The zero-order chi connectivity index (χ0) is 20.5. The van der Waals surface area contributed by atoms with Crippen LogP contribution in [0, 0.1) is 5.82 Å². The van der Waals surface area contributed by atoms with Gasteiger partial charge in [0.15, 0.2) is 11.0 Å². The fraction of sp³-hybridized carbons (Fsp3) is 0.0476. The lowest BCUT2D eigenvalue weighted by Gasteiger charge is -2.04. The van der Waals surface area contributed by atoms with Crippen LogP contribution >= 0.6 is 11.8 Å². The second-order valence-electron chi connectivity index (χ2n) is 6.50. The van der Waals surface area contributed by atoms with Gasteiger partial charge in [-0.15, -0.1) is 0 Å². The van der Waals surface area contributed by atoms with Crippen molar-refractivity contribution in [3.63, 3.8) is 0 Å². The summed E-state index contributed by atoms with van der Waals surface area (Å²) in [7, 11) is 0. The Bertz CT molecular complexity index is 1370. The van der Waals surface area contributed by atoms with Crippen LogP contribution in [0.2, 0.25) is 0 Å². The second-order valence-corrected chi connectivity index (χ2v) is 7.46. The number of hydrogen-bond donors (Lipinski definition) is 2. The largest absolute Gasteiger partial charge is 0.456 e. The fourth-order valence-corrected chi connectivity index (χ4v) is 3.70. The number of amides is 1. The Kier molecular flexibility index (Phi) is 4.64. The van der Waals surface area contributed by atoms with E-state index in [0.29, 0.717) is 27.8 Å². The van der Waals surface area contributed by atoms with Crippen LogP contribution in [-0.2, 0) is 4.79 Å². The topological polar surface area (TPSA) is 96.7 Å². The number of aromatic amines is 1. The molecule has 0 saturated carbocycles. The molecule has 30 heavy (non-hydrogen) atoms. The van der Waals surface area contributed by atoms with E-state index in [0.717, 1.165) is 16.3 Å². The van der Waals surface area contributed by atoms with Crippen LogP contribution in [0.3, 0.4) is 0 Å². The molecule has 0 unspecified atom stereocenters. The van der Waals surface area contributed by atoms with Crippen molar-refractivity contribution in [2.24, 2.45) is 0 Å². The van der Waals surface area contributed by atoms with E-state index in [1.807, 2.05) is 18.2 Å². The highest BCUT2D eigenvalue weighted by atomic mass is 32.2.